The molecule has 1 atom stereocenters. The van der Waals surface area contributed by atoms with E-state index in [1.807, 2.05) is 0 Å². The van der Waals surface area contributed by atoms with Gasteiger partial charge in [0.1, 0.15) is 0 Å². The van der Waals surface area contributed by atoms with Gasteiger partial charge in [0.2, 0.25) is 0 Å². The molecule has 0 amide bonds. The Morgan fingerprint density at radius 3 is 2.00 bits per heavy atom. The van der Waals surface area contributed by atoms with Gasteiger partial charge in [-0.3, -0.25) is 0 Å². The molecule has 0 aliphatic heterocycles. The van der Waals surface area contributed by atoms with Crippen molar-refractivity contribution in [2.45, 2.75) is 84.2 Å². The summed E-state index contributed by atoms with van der Waals surface area (Å²) in [6.45, 7) is 6.63. The zero-order valence-electron chi connectivity index (χ0n) is 14.0. The van der Waals surface area contributed by atoms with Crippen molar-refractivity contribution in [3.63, 3.8) is 0 Å². The molecule has 4 saturated carbocycles. The van der Waals surface area contributed by atoms with Crippen LogP contribution in [0.2, 0.25) is 0 Å². The largest absolute Gasteiger partial charge is 0.361 e. The second-order valence-corrected chi connectivity index (χ2v) is 8.80. The second kappa shape index (κ2) is 6.06. The van der Waals surface area contributed by atoms with Gasteiger partial charge in [-0.05, 0) is 94.2 Å². The molecule has 4 bridgehead atoms. The Morgan fingerprint density at radius 2 is 1.57 bits per heavy atom. The minimum Gasteiger partial charge on any atom is -0.361 e. The Balaban J connectivity index is 1.72. The third kappa shape index (κ3) is 3.23. The van der Waals surface area contributed by atoms with E-state index in [4.69, 9.17) is 12.2 Å². The lowest BCUT2D eigenvalue weighted by atomic mass is 9.47. The van der Waals surface area contributed by atoms with Crippen LogP contribution in [0.15, 0.2) is 0 Å². The van der Waals surface area contributed by atoms with Crippen molar-refractivity contribution in [3.8, 4) is 0 Å². The molecule has 0 aromatic heterocycles. The molecule has 21 heavy (non-hydrogen) atoms. The predicted molar refractivity (Wildman–Crippen MR) is 93.3 cm³/mol. The molecule has 4 aliphatic rings. The molecular weight excluding hydrogens is 276 g/mol. The lowest BCUT2D eigenvalue weighted by Crippen LogP contribution is -2.58. The first-order valence-electron chi connectivity index (χ1n) is 9.08. The molecule has 1 unspecified atom stereocenters. The van der Waals surface area contributed by atoms with Crippen molar-refractivity contribution in [2.24, 2.45) is 23.2 Å². The normalized spacial score (nSPS) is 38.6. The van der Waals surface area contributed by atoms with Gasteiger partial charge in [0.05, 0.1) is 0 Å². The fourth-order valence-corrected chi connectivity index (χ4v) is 6.26. The molecular formula is C18H32N2S. The highest BCUT2D eigenvalue weighted by atomic mass is 32.1. The molecule has 2 nitrogen and oxygen atoms in total. The van der Waals surface area contributed by atoms with Crippen LogP contribution in [-0.2, 0) is 0 Å². The molecule has 4 rings (SSSR count). The fraction of sp³-hybridized carbons (Fsp3) is 0.944. The average molecular weight is 309 g/mol. The highest BCUT2D eigenvalue weighted by Crippen LogP contribution is 2.61. The summed E-state index contributed by atoms with van der Waals surface area (Å²) in [4.78, 5) is 0. The smallest absolute Gasteiger partial charge is 0.166 e. The van der Waals surface area contributed by atoms with Crippen LogP contribution in [0, 0.1) is 23.2 Å². The van der Waals surface area contributed by atoms with Crippen molar-refractivity contribution in [3.05, 3.63) is 0 Å². The van der Waals surface area contributed by atoms with Gasteiger partial charge < -0.3 is 10.6 Å². The lowest BCUT2D eigenvalue weighted by molar-refractivity contribution is -0.0720. The zero-order chi connectivity index (χ0) is 15.0. The van der Waals surface area contributed by atoms with Crippen LogP contribution in [0.25, 0.3) is 0 Å². The third-order valence-corrected chi connectivity index (χ3v) is 6.36. The maximum Gasteiger partial charge on any atom is 0.166 e. The summed E-state index contributed by atoms with van der Waals surface area (Å²) in [5, 5.41) is 7.98. The van der Waals surface area contributed by atoms with E-state index in [0.29, 0.717) is 17.5 Å². The topological polar surface area (TPSA) is 24.1 Å². The van der Waals surface area contributed by atoms with Gasteiger partial charge in [0, 0.05) is 12.1 Å². The minimum absolute atomic E-state index is 0.420. The first kappa shape index (κ1) is 15.6. The molecule has 2 N–H and O–H groups in total. The summed E-state index contributed by atoms with van der Waals surface area (Å²) in [7, 11) is 0. The lowest BCUT2D eigenvalue weighted by Gasteiger charge is -2.59. The molecule has 0 heterocycles. The van der Waals surface area contributed by atoms with Crippen molar-refractivity contribution in [1.82, 2.24) is 10.6 Å². The Labute approximate surface area is 135 Å². The molecule has 4 aliphatic carbocycles. The molecule has 0 spiro atoms. The maximum absolute atomic E-state index is 5.55. The summed E-state index contributed by atoms with van der Waals surface area (Å²) in [5.41, 5.74) is 0.549. The molecule has 0 saturated heterocycles. The molecule has 0 aromatic carbocycles. The number of hydrogen-bond donors (Lipinski definition) is 2. The van der Waals surface area contributed by atoms with Gasteiger partial charge in [-0.25, -0.2) is 0 Å². The minimum atomic E-state index is 0.420. The van der Waals surface area contributed by atoms with E-state index in [-0.39, 0.29) is 0 Å². The van der Waals surface area contributed by atoms with Gasteiger partial charge in [-0.2, -0.15) is 0 Å². The van der Waals surface area contributed by atoms with Crippen LogP contribution >= 0.6 is 12.2 Å². The zero-order valence-corrected chi connectivity index (χ0v) is 14.8. The molecule has 4 fully saturated rings. The summed E-state index contributed by atoms with van der Waals surface area (Å²) >= 11 is 5.55. The maximum atomic E-state index is 5.55. The van der Waals surface area contributed by atoms with Gasteiger partial charge in [0.25, 0.3) is 0 Å². The van der Waals surface area contributed by atoms with E-state index in [0.717, 1.165) is 22.9 Å². The highest BCUT2D eigenvalue weighted by Gasteiger charge is 2.54. The summed E-state index contributed by atoms with van der Waals surface area (Å²) < 4.78 is 0. The van der Waals surface area contributed by atoms with E-state index in [9.17, 15) is 0 Å². The average Bonchev–Trinajstić information content (AvgIpc) is 2.35. The summed E-state index contributed by atoms with van der Waals surface area (Å²) in [6.07, 6.45) is 11.5. The van der Waals surface area contributed by atoms with Crippen molar-refractivity contribution in [1.29, 1.82) is 0 Å². The molecule has 0 radical (unpaired) electrons. The van der Waals surface area contributed by atoms with Crippen molar-refractivity contribution >= 4 is 17.3 Å². The second-order valence-electron chi connectivity index (χ2n) is 8.39. The highest BCUT2D eigenvalue weighted by molar-refractivity contribution is 7.80. The first-order chi connectivity index (χ1) is 10.0. The van der Waals surface area contributed by atoms with E-state index in [2.05, 4.69) is 31.4 Å². The number of nitrogens with one attached hydrogen (secondary N) is 2. The van der Waals surface area contributed by atoms with E-state index >= 15 is 0 Å². The van der Waals surface area contributed by atoms with Gasteiger partial charge >= 0.3 is 0 Å². The van der Waals surface area contributed by atoms with Crippen LogP contribution in [0.3, 0.4) is 0 Å². The Kier molecular flexibility index (Phi) is 4.50. The molecule has 0 aromatic rings. The quantitative estimate of drug-likeness (QED) is 0.743. The Bertz CT molecular complexity index is 355. The summed E-state index contributed by atoms with van der Waals surface area (Å²) in [6, 6.07) is 1.01. The Hall–Kier alpha value is -0.310. The van der Waals surface area contributed by atoms with E-state index in [1.54, 1.807) is 0 Å². The van der Waals surface area contributed by atoms with Crippen molar-refractivity contribution < 1.29 is 0 Å². The third-order valence-electron chi connectivity index (χ3n) is 6.13. The first-order valence-corrected chi connectivity index (χ1v) is 9.48. The Morgan fingerprint density at radius 1 is 1.05 bits per heavy atom. The van der Waals surface area contributed by atoms with Crippen LogP contribution in [-0.4, -0.2) is 17.2 Å². The van der Waals surface area contributed by atoms with E-state index in [1.165, 1.54) is 51.4 Å². The van der Waals surface area contributed by atoms with Gasteiger partial charge in [-0.1, -0.05) is 13.3 Å². The van der Waals surface area contributed by atoms with Crippen LogP contribution in [0.4, 0.5) is 0 Å². The number of thiocarbonyl (C=S) groups is 1. The predicted octanol–water partition coefficient (Wildman–Crippen LogP) is 4.24. The van der Waals surface area contributed by atoms with Crippen molar-refractivity contribution in [2.75, 3.05) is 0 Å². The van der Waals surface area contributed by atoms with Gasteiger partial charge in [0.15, 0.2) is 5.11 Å². The fourth-order valence-electron chi connectivity index (χ4n) is 5.89. The SMILES string of the molecule is CCCC(NC(=S)NC(C)C)C12CC3CC(CC(C3)C1)C2. The van der Waals surface area contributed by atoms with Gasteiger partial charge in [-0.15, -0.1) is 0 Å². The van der Waals surface area contributed by atoms with E-state index < -0.39 is 0 Å². The summed E-state index contributed by atoms with van der Waals surface area (Å²) in [5.74, 6) is 3.05. The van der Waals surface area contributed by atoms with Crippen LogP contribution < -0.4 is 10.6 Å². The monoisotopic (exact) mass is 308 g/mol. The molecule has 3 heteroatoms. The standard InChI is InChI=1S/C18H32N2S/c1-4-5-16(20-17(21)19-12(2)3)18-9-13-6-14(10-18)8-15(7-13)11-18/h12-16H,4-11H2,1-3H3,(H2,19,20,21). The van der Waals surface area contributed by atoms with Crippen LogP contribution in [0.5, 0.6) is 0 Å². The molecule has 120 valence electrons. The number of rotatable bonds is 5. The van der Waals surface area contributed by atoms with Crippen LogP contribution in [0.1, 0.15) is 72.1 Å². The number of hydrogen-bond acceptors (Lipinski definition) is 1.